The van der Waals surface area contributed by atoms with Crippen molar-refractivity contribution in [2.45, 2.75) is 19.5 Å². The van der Waals surface area contributed by atoms with Gasteiger partial charge in [-0.05, 0) is 14.0 Å². The van der Waals surface area contributed by atoms with Crippen molar-refractivity contribution in [3.05, 3.63) is 23.5 Å². The molecule has 2 heterocycles. The minimum absolute atomic E-state index is 0.124. The van der Waals surface area contributed by atoms with E-state index in [-0.39, 0.29) is 12.6 Å². The first-order valence-corrected chi connectivity index (χ1v) is 6.53. The van der Waals surface area contributed by atoms with Crippen LogP contribution < -0.4 is 4.74 Å². The lowest BCUT2D eigenvalue weighted by Gasteiger charge is -2.25. The van der Waals surface area contributed by atoms with E-state index in [1.165, 1.54) is 0 Å². The number of carboxylic acids is 1. The molecule has 1 aliphatic heterocycles. The van der Waals surface area contributed by atoms with Gasteiger partial charge in [0.25, 0.3) is 0 Å². The number of likely N-dealkylation sites (N-methyl/N-ethyl adjacent to an activating group) is 1. The smallest absolute Gasteiger partial charge is 0.310 e. The number of methoxy groups -OCH3 is 1. The molecule has 1 aromatic rings. The second-order valence-electron chi connectivity index (χ2n) is 5.10. The van der Waals surface area contributed by atoms with E-state index in [1.807, 2.05) is 31.0 Å². The van der Waals surface area contributed by atoms with Crippen LogP contribution >= 0.6 is 0 Å². The number of carboxylic acid groups (broad SMARTS) is 1. The molecule has 2 atom stereocenters. The monoisotopic (exact) mass is 280 g/mol. The SMILES string of the molecule is COc1cc(C)nc(CN(C)C2COCC2C(=O)O)c1. The van der Waals surface area contributed by atoms with Gasteiger partial charge < -0.3 is 14.6 Å². The van der Waals surface area contributed by atoms with Crippen molar-refractivity contribution in [1.82, 2.24) is 9.88 Å². The maximum absolute atomic E-state index is 11.2. The molecule has 1 saturated heterocycles. The van der Waals surface area contributed by atoms with Crippen molar-refractivity contribution < 1.29 is 19.4 Å². The number of hydrogen-bond acceptors (Lipinski definition) is 5. The van der Waals surface area contributed by atoms with Crippen LogP contribution in [0.5, 0.6) is 5.75 Å². The van der Waals surface area contributed by atoms with Gasteiger partial charge in [-0.25, -0.2) is 0 Å². The minimum atomic E-state index is -0.811. The fraction of sp³-hybridized carbons (Fsp3) is 0.571. The molecule has 1 aliphatic rings. The maximum Gasteiger partial charge on any atom is 0.310 e. The Morgan fingerprint density at radius 1 is 1.55 bits per heavy atom. The van der Waals surface area contributed by atoms with Gasteiger partial charge in [0, 0.05) is 30.4 Å². The van der Waals surface area contributed by atoms with Gasteiger partial charge >= 0.3 is 5.97 Å². The molecule has 2 rings (SSSR count). The Hall–Kier alpha value is -1.66. The Labute approximate surface area is 118 Å². The predicted octanol–water partition coefficient (Wildman–Crippen LogP) is 0.930. The summed E-state index contributed by atoms with van der Waals surface area (Å²) in [4.78, 5) is 17.6. The summed E-state index contributed by atoms with van der Waals surface area (Å²) in [6.45, 7) is 3.19. The summed E-state index contributed by atoms with van der Waals surface area (Å²) in [5.41, 5.74) is 1.74. The molecule has 0 spiro atoms. The number of carbonyl (C=O) groups is 1. The highest BCUT2D eigenvalue weighted by atomic mass is 16.5. The third-order valence-corrected chi connectivity index (χ3v) is 3.56. The average Bonchev–Trinajstić information content (AvgIpc) is 2.87. The summed E-state index contributed by atoms with van der Waals surface area (Å²) in [6.07, 6.45) is 0. The van der Waals surface area contributed by atoms with Gasteiger partial charge in [0.05, 0.1) is 31.9 Å². The molecule has 6 heteroatoms. The highest BCUT2D eigenvalue weighted by molar-refractivity contribution is 5.71. The first kappa shape index (κ1) is 14.7. The molecule has 6 nitrogen and oxygen atoms in total. The van der Waals surface area contributed by atoms with Gasteiger partial charge in [0.2, 0.25) is 0 Å². The van der Waals surface area contributed by atoms with E-state index in [1.54, 1.807) is 7.11 Å². The molecule has 2 unspecified atom stereocenters. The van der Waals surface area contributed by atoms with E-state index in [4.69, 9.17) is 9.47 Å². The molecule has 1 fully saturated rings. The van der Waals surface area contributed by atoms with Gasteiger partial charge in [-0.2, -0.15) is 0 Å². The number of pyridine rings is 1. The Balaban J connectivity index is 2.09. The van der Waals surface area contributed by atoms with Crippen LogP contribution in [0.4, 0.5) is 0 Å². The summed E-state index contributed by atoms with van der Waals surface area (Å²) < 4.78 is 10.5. The highest BCUT2D eigenvalue weighted by Crippen LogP contribution is 2.21. The number of rotatable bonds is 5. The number of ether oxygens (including phenoxy) is 2. The fourth-order valence-electron chi connectivity index (χ4n) is 2.49. The minimum Gasteiger partial charge on any atom is -0.497 e. The first-order valence-electron chi connectivity index (χ1n) is 6.53. The molecule has 1 aromatic heterocycles. The number of nitrogens with zero attached hydrogens (tertiary/aromatic N) is 2. The summed E-state index contributed by atoms with van der Waals surface area (Å²) >= 11 is 0. The lowest BCUT2D eigenvalue weighted by molar-refractivity contribution is -0.143. The second-order valence-corrected chi connectivity index (χ2v) is 5.10. The van der Waals surface area contributed by atoms with E-state index >= 15 is 0 Å². The third kappa shape index (κ3) is 3.26. The molecule has 0 aliphatic carbocycles. The topological polar surface area (TPSA) is 71.9 Å². The van der Waals surface area contributed by atoms with Crippen molar-refractivity contribution in [3.8, 4) is 5.75 Å². The largest absolute Gasteiger partial charge is 0.497 e. The zero-order valence-corrected chi connectivity index (χ0v) is 12.0. The Bertz CT molecular complexity index is 492. The predicted molar refractivity (Wildman–Crippen MR) is 72.7 cm³/mol. The summed E-state index contributed by atoms with van der Waals surface area (Å²) in [7, 11) is 3.51. The van der Waals surface area contributed by atoms with E-state index < -0.39 is 11.9 Å². The summed E-state index contributed by atoms with van der Waals surface area (Å²) in [5, 5.41) is 9.18. The number of aryl methyl sites for hydroxylation is 1. The summed E-state index contributed by atoms with van der Waals surface area (Å²) in [5.74, 6) is -0.529. The third-order valence-electron chi connectivity index (χ3n) is 3.56. The second kappa shape index (κ2) is 6.19. The molecule has 110 valence electrons. The summed E-state index contributed by atoms with van der Waals surface area (Å²) in [6, 6.07) is 3.61. The zero-order chi connectivity index (χ0) is 14.7. The molecular formula is C14H20N2O4. The van der Waals surface area contributed by atoms with Crippen molar-refractivity contribution >= 4 is 5.97 Å². The molecular weight excluding hydrogens is 260 g/mol. The van der Waals surface area contributed by atoms with E-state index in [2.05, 4.69) is 4.98 Å². The molecule has 0 aromatic carbocycles. The van der Waals surface area contributed by atoms with Gasteiger partial charge in [-0.1, -0.05) is 0 Å². The number of hydrogen-bond donors (Lipinski definition) is 1. The number of aromatic nitrogens is 1. The van der Waals surface area contributed by atoms with Crippen LogP contribution in [0.15, 0.2) is 12.1 Å². The van der Waals surface area contributed by atoms with Crippen LogP contribution in [0.1, 0.15) is 11.4 Å². The van der Waals surface area contributed by atoms with Crippen molar-refractivity contribution in [2.75, 3.05) is 27.4 Å². The van der Waals surface area contributed by atoms with Crippen molar-refractivity contribution in [3.63, 3.8) is 0 Å². The van der Waals surface area contributed by atoms with Crippen LogP contribution in [0, 0.1) is 12.8 Å². The quantitative estimate of drug-likeness (QED) is 0.865. The van der Waals surface area contributed by atoms with Crippen molar-refractivity contribution in [1.29, 1.82) is 0 Å². The van der Waals surface area contributed by atoms with E-state index in [9.17, 15) is 9.90 Å². The standard InChI is InChI=1S/C14H20N2O4/c1-9-4-11(19-3)5-10(15-9)6-16(2)13-8-20-7-12(13)14(17)18/h4-5,12-13H,6-8H2,1-3H3,(H,17,18). The molecule has 20 heavy (non-hydrogen) atoms. The van der Waals surface area contributed by atoms with E-state index in [0.29, 0.717) is 13.2 Å². The molecule has 1 N–H and O–H groups in total. The van der Waals surface area contributed by atoms with E-state index in [0.717, 1.165) is 17.1 Å². The lowest BCUT2D eigenvalue weighted by Crippen LogP contribution is -2.40. The van der Waals surface area contributed by atoms with Gasteiger partial charge in [0.15, 0.2) is 0 Å². The Morgan fingerprint density at radius 2 is 2.30 bits per heavy atom. The Morgan fingerprint density at radius 3 is 2.95 bits per heavy atom. The number of aliphatic carboxylic acids is 1. The van der Waals surface area contributed by atoms with Crippen LogP contribution in [0.3, 0.4) is 0 Å². The van der Waals surface area contributed by atoms with Crippen LogP contribution in [-0.2, 0) is 16.1 Å². The lowest BCUT2D eigenvalue weighted by atomic mass is 10.0. The van der Waals surface area contributed by atoms with Gasteiger partial charge in [-0.15, -0.1) is 0 Å². The zero-order valence-electron chi connectivity index (χ0n) is 12.0. The maximum atomic E-state index is 11.2. The van der Waals surface area contributed by atoms with Crippen LogP contribution in [0.25, 0.3) is 0 Å². The molecule has 0 bridgehead atoms. The Kier molecular flexibility index (Phi) is 4.57. The first-order chi connectivity index (χ1) is 9.51. The van der Waals surface area contributed by atoms with Crippen molar-refractivity contribution in [2.24, 2.45) is 5.92 Å². The van der Waals surface area contributed by atoms with Gasteiger partial charge in [0.1, 0.15) is 5.75 Å². The highest BCUT2D eigenvalue weighted by Gasteiger charge is 2.36. The van der Waals surface area contributed by atoms with Gasteiger partial charge in [-0.3, -0.25) is 14.7 Å². The average molecular weight is 280 g/mol. The van der Waals surface area contributed by atoms with Crippen LogP contribution in [0.2, 0.25) is 0 Å². The molecule has 0 saturated carbocycles. The van der Waals surface area contributed by atoms with Crippen LogP contribution in [-0.4, -0.2) is 54.4 Å². The molecule has 0 radical (unpaired) electrons. The normalized spacial score (nSPS) is 22.2. The fourth-order valence-corrected chi connectivity index (χ4v) is 2.49. The molecule has 0 amide bonds.